The van der Waals surface area contributed by atoms with E-state index >= 15 is 0 Å². The summed E-state index contributed by atoms with van der Waals surface area (Å²) in [6.07, 6.45) is -5.81. The van der Waals surface area contributed by atoms with Gasteiger partial charge in [-0.25, -0.2) is 0 Å². The Balaban J connectivity index is 1.50. The van der Waals surface area contributed by atoms with Crippen molar-refractivity contribution in [3.05, 3.63) is 108 Å². The maximum Gasteiger partial charge on any atom is 0.305 e. The zero-order valence-electron chi connectivity index (χ0n) is 41.8. The van der Waals surface area contributed by atoms with Gasteiger partial charge in [-0.15, -0.1) is 0 Å². The van der Waals surface area contributed by atoms with Crippen LogP contribution in [-0.4, -0.2) is 120 Å². The molecule has 0 aromatic heterocycles. The maximum atomic E-state index is 13.0. The van der Waals surface area contributed by atoms with Crippen LogP contribution < -0.4 is 0 Å². The van der Waals surface area contributed by atoms with E-state index in [-0.39, 0.29) is 50.6 Å². The second kappa shape index (κ2) is 28.1. The molecule has 2 heterocycles. The van der Waals surface area contributed by atoms with Crippen molar-refractivity contribution in [2.24, 2.45) is 0 Å². The van der Waals surface area contributed by atoms with Crippen molar-refractivity contribution < 1.29 is 71.3 Å². The highest BCUT2D eigenvalue weighted by Gasteiger charge is 2.55. The third-order valence-electron chi connectivity index (χ3n) is 12.8. The molecule has 1 N–H and O–H groups in total. The number of hydrogen-bond acceptors (Lipinski definition) is 15. The van der Waals surface area contributed by atoms with Crippen molar-refractivity contribution in [2.75, 3.05) is 26.9 Å². The van der Waals surface area contributed by atoms with Crippen LogP contribution in [-0.2, 0) is 86.0 Å². The summed E-state index contributed by atoms with van der Waals surface area (Å²) in [5.74, 6) is -1.39. The number of aliphatic hydroxyl groups excluding tert-OH is 1. The van der Waals surface area contributed by atoms with Gasteiger partial charge in [0.25, 0.3) is 0 Å². The molecule has 3 aromatic rings. The summed E-state index contributed by atoms with van der Waals surface area (Å²) in [6.45, 7) is 13.6. The van der Waals surface area contributed by atoms with Gasteiger partial charge in [0.1, 0.15) is 43.2 Å². The molecule has 382 valence electrons. The fourth-order valence-corrected chi connectivity index (χ4v) is 8.88. The van der Waals surface area contributed by atoms with Crippen molar-refractivity contribution in [3.63, 3.8) is 0 Å². The summed E-state index contributed by atoms with van der Waals surface area (Å²) in [4.78, 5) is 37.0. The van der Waals surface area contributed by atoms with Gasteiger partial charge < -0.3 is 56.9 Å². The van der Waals surface area contributed by atoms with Crippen LogP contribution in [0.15, 0.2) is 91.0 Å². The average molecular weight is 981 g/mol. The SMILES string of the molecule is COC(=O)CCCCCCCCO[C@H]1O[C@H](CO[Si](C)(C)C(C)(C)C)[C@@H](O)[C@H](OC(C)=O)[C@H]1O[C@H]1O[C@H](COC(C)=O)[C@@H](OCc2ccccc2)[C@H](OCc2ccccc2)[C@H]1OCc1ccccc1. The van der Waals surface area contributed by atoms with E-state index in [4.69, 9.17) is 51.8 Å². The van der Waals surface area contributed by atoms with Gasteiger partial charge in [-0.05, 0) is 47.7 Å². The Morgan fingerprint density at radius 3 is 1.62 bits per heavy atom. The van der Waals surface area contributed by atoms with Gasteiger partial charge in [0.05, 0.1) is 33.5 Å². The summed E-state index contributed by atoms with van der Waals surface area (Å²) < 4.78 is 70.2. The molecule has 0 amide bonds. The van der Waals surface area contributed by atoms with Crippen molar-refractivity contribution in [3.8, 4) is 0 Å². The van der Waals surface area contributed by atoms with Crippen LogP contribution in [0.1, 0.15) is 96.3 Å². The molecule has 2 fully saturated rings. The highest BCUT2D eigenvalue weighted by Crippen LogP contribution is 2.39. The van der Waals surface area contributed by atoms with Crippen LogP contribution in [0.5, 0.6) is 0 Å². The molecule has 5 rings (SSSR count). The summed E-state index contributed by atoms with van der Waals surface area (Å²) in [5, 5.41) is 12.0. The first-order chi connectivity index (χ1) is 33.1. The van der Waals surface area contributed by atoms with Gasteiger partial charge in [-0.1, -0.05) is 137 Å². The van der Waals surface area contributed by atoms with Crippen molar-refractivity contribution in [1.82, 2.24) is 0 Å². The molecular formula is C53H76O15Si. The first-order valence-electron chi connectivity index (χ1n) is 24.3. The number of benzene rings is 3. The monoisotopic (exact) mass is 980 g/mol. The van der Waals surface area contributed by atoms with E-state index in [1.165, 1.54) is 21.0 Å². The lowest BCUT2D eigenvalue weighted by Gasteiger charge is -2.49. The summed E-state index contributed by atoms with van der Waals surface area (Å²) in [6, 6.07) is 28.9. The van der Waals surface area contributed by atoms with E-state index in [0.717, 1.165) is 48.8 Å². The topological polar surface area (TPSA) is 173 Å². The zero-order chi connectivity index (χ0) is 49.8. The van der Waals surface area contributed by atoms with Gasteiger partial charge in [0.15, 0.2) is 33.1 Å². The standard InChI is InChI=1S/C53H76O15Si/c1-37(54)60-35-43-46(61-32-39-24-16-13-17-25-39)48(62-33-40-26-18-14-19-27-40)49(63-34-41-28-20-15-21-29-41)52(67-43)68-50-47(65-38(2)55)45(57)42(36-64-69(7,8)53(3,4)5)66-51(50)59-31-23-12-10-9-11-22-30-44(56)58-6/h13-21,24-29,42-43,45-52,57H,9-12,22-23,30-36H2,1-8H3/t42-,43-,45-,46-,47+,48+,49-,50-,51+,52-/m1/s1. The summed E-state index contributed by atoms with van der Waals surface area (Å²) in [7, 11) is -0.950. The average Bonchev–Trinajstić information content (AvgIpc) is 3.32. The molecule has 0 aliphatic carbocycles. The Labute approximate surface area is 409 Å². The highest BCUT2D eigenvalue weighted by molar-refractivity contribution is 6.74. The first-order valence-corrected chi connectivity index (χ1v) is 27.2. The van der Waals surface area contributed by atoms with Gasteiger partial charge >= 0.3 is 17.9 Å². The Morgan fingerprint density at radius 1 is 0.594 bits per heavy atom. The van der Waals surface area contributed by atoms with E-state index in [0.29, 0.717) is 12.8 Å². The Hall–Kier alpha value is -4.07. The molecule has 16 heteroatoms. The lowest BCUT2D eigenvalue weighted by Crippen LogP contribution is -2.66. The van der Waals surface area contributed by atoms with Gasteiger partial charge in [0, 0.05) is 26.9 Å². The van der Waals surface area contributed by atoms with Crippen LogP contribution in [0.4, 0.5) is 0 Å². The molecule has 2 saturated heterocycles. The lowest BCUT2D eigenvalue weighted by atomic mass is 9.96. The lowest BCUT2D eigenvalue weighted by molar-refractivity contribution is -0.377. The fraction of sp³-hybridized carbons (Fsp3) is 0.604. The molecular weight excluding hydrogens is 905 g/mol. The van der Waals surface area contributed by atoms with E-state index < -0.39 is 81.7 Å². The molecule has 0 unspecified atom stereocenters. The second-order valence-corrected chi connectivity index (χ2v) is 24.0. The smallest absolute Gasteiger partial charge is 0.305 e. The Morgan fingerprint density at radius 2 is 1.10 bits per heavy atom. The molecule has 10 atom stereocenters. The normalized spacial score (nSPS) is 25.2. The largest absolute Gasteiger partial charge is 0.469 e. The Bertz CT molecular complexity index is 1950. The molecule has 15 nitrogen and oxygen atoms in total. The van der Waals surface area contributed by atoms with Crippen LogP contribution in [0.3, 0.4) is 0 Å². The van der Waals surface area contributed by atoms with Crippen LogP contribution in [0.25, 0.3) is 0 Å². The fourth-order valence-electron chi connectivity index (χ4n) is 7.86. The quantitative estimate of drug-likeness (QED) is 0.0334. The third-order valence-corrected chi connectivity index (χ3v) is 17.3. The van der Waals surface area contributed by atoms with Crippen molar-refractivity contribution in [2.45, 2.75) is 179 Å². The molecule has 2 aliphatic heterocycles. The highest BCUT2D eigenvalue weighted by atomic mass is 28.4. The van der Waals surface area contributed by atoms with Gasteiger partial charge in [0.2, 0.25) is 0 Å². The number of methoxy groups -OCH3 is 1. The van der Waals surface area contributed by atoms with Gasteiger partial charge in [-0.2, -0.15) is 0 Å². The molecule has 3 aromatic carbocycles. The number of ether oxygens (including phenoxy) is 10. The van der Waals surface area contributed by atoms with E-state index in [1.54, 1.807) is 0 Å². The summed E-state index contributed by atoms with van der Waals surface area (Å²) in [5.41, 5.74) is 2.65. The number of carbonyl (C=O) groups is 3. The molecule has 0 radical (unpaired) electrons. The number of hydrogen-bond donors (Lipinski definition) is 1. The minimum Gasteiger partial charge on any atom is -0.469 e. The number of rotatable bonds is 27. The van der Waals surface area contributed by atoms with E-state index in [9.17, 15) is 19.5 Å². The van der Waals surface area contributed by atoms with E-state index in [1.807, 2.05) is 91.0 Å². The molecule has 0 saturated carbocycles. The number of unbranched alkanes of at least 4 members (excludes halogenated alkanes) is 5. The predicted molar refractivity (Wildman–Crippen MR) is 259 cm³/mol. The summed E-state index contributed by atoms with van der Waals surface area (Å²) >= 11 is 0. The molecule has 2 aliphatic rings. The maximum absolute atomic E-state index is 13.0. The van der Waals surface area contributed by atoms with Crippen molar-refractivity contribution in [1.29, 1.82) is 0 Å². The van der Waals surface area contributed by atoms with Crippen LogP contribution >= 0.6 is 0 Å². The number of aliphatic hydroxyl groups is 1. The third kappa shape index (κ3) is 17.9. The van der Waals surface area contributed by atoms with Crippen LogP contribution in [0.2, 0.25) is 18.1 Å². The van der Waals surface area contributed by atoms with Gasteiger partial charge in [-0.3, -0.25) is 14.4 Å². The van der Waals surface area contributed by atoms with Crippen LogP contribution in [0, 0.1) is 0 Å². The van der Waals surface area contributed by atoms with Crippen molar-refractivity contribution >= 4 is 26.2 Å². The second-order valence-electron chi connectivity index (χ2n) is 19.2. The predicted octanol–water partition coefficient (Wildman–Crippen LogP) is 8.38. The molecule has 0 bridgehead atoms. The van der Waals surface area contributed by atoms with E-state index in [2.05, 4.69) is 33.9 Å². The minimum atomic E-state index is -2.35. The number of carbonyl (C=O) groups excluding carboxylic acids is 3. The molecule has 69 heavy (non-hydrogen) atoms. The zero-order valence-corrected chi connectivity index (χ0v) is 42.8. The Kier molecular flexibility index (Phi) is 22.7. The minimum absolute atomic E-state index is 0.0105. The molecule has 0 spiro atoms. The number of esters is 3. The first kappa shape index (κ1) is 55.8.